The maximum Gasteiger partial charge on any atom is 0.255 e. The van der Waals surface area contributed by atoms with Gasteiger partial charge in [-0.05, 0) is 30.4 Å². The van der Waals surface area contributed by atoms with Gasteiger partial charge in [0.15, 0.2) is 0 Å². The molecule has 2 aromatic heterocycles. The lowest BCUT2D eigenvalue weighted by molar-refractivity contribution is 0.0826. The van der Waals surface area contributed by atoms with E-state index in [2.05, 4.69) is 15.0 Å². The molecule has 0 unspecified atom stereocenters. The first kappa shape index (κ1) is 18.7. The Morgan fingerprint density at radius 3 is 2.61 bits per heavy atom. The molecule has 0 aliphatic heterocycles. The van der Waals surface area contributed by atoms with E-state index in [0.717, 1.165) is 42.3 Å². The molecule has 0 spiro atoms. The predicted octanol–water partition coefficient (Wildman–Crippen LogP) is 3.80. The molecule has 2 heterocycles. The van der Waals surface area contributed by atoms with E-state index in [9.17, 15) is 4.79 Å². The van der Waals surface area contributed by atoms with Crippen LogP contribution >= 0.6 is 11.6 Å². The molecule has 3 aromatic rings. The largest absolute Gasteiger partial charge is 0.384 e. The molecule has 0 bridgehead atoms. The van der Waals surface area contributed by atoms with Crippen LogP contribution < -0.4 is 5.73 Å². The van der Waals surface area contributed by atoms with Crippen LogP contribution in [0.5, 0.6) is 0 Å². The Labute approximate surface area is 168 Å². The van der Waals surface area contributed by atoms with Crippen LogP contribution in [-0.2, 0) is 0 Å². The molecule has 8 heteroatoms. The molecule has 0 atom stereocenters. The number of hydrogen-bond donors (Lipinski definition) is 1. The summed E-state index contributed by atoms with van der Waals surface area (Å²) in [6.07, 6.45) is 8.73. The number of benzene rings is 1. The van der Waals surface area contributed by atoms with Crippen LogP contribution in [0, 0.1) is 0 Å². The number of imidazole rings is 1. The first-order chi connectivity index (χ1) is 13.5. The van der Waals surface area contributed by atoms with Crippen LogP contribution in [0.2, 0.25) is 5.02 Å². The second-order valence-corrected chi connectivity index (χ2v) is 7.87. The molecular weight excluding hydrogens is 376 g/mol. The van der Waals surface area contributed by atoms with Crippen molar-refractivity contribution < 1.29 is 4.79 Å². The van der Waals surface area contributed by atoms with Gasteiger partial charge in [0.1, 0.15) is 24.3 Å². The van der Waals surface area contributed by atoms with Gasteiger partial charge in [0.2, 0.25) is 0 Å². The van der Waals surface area contributed by atoms with Crippen LogP contribution in [-0.4, -0.2) is 44.4 Å². The average molecular weight is 399 g/mol. The van der Waals surface area contributed by atoms with Crippen LogP contribution in [0.25, 0.3) is 16.9 Å². The van der Waals surface area contributed by atoms with Gasteiger partial charge in [-0.2, -0.15) is 0 Å². The standard InChI is InChI=1S/C20H23ClN6O/c1-26(2)20(28)18-13(21)8-14-19(17(18)12-6-4-3-5-7-12)25-11-27(14)16-9-15(22)23-10-24-16/h8-12H,3-7H2,1-2H3,(H2,22,23,24). The number of fused-ring (bicyclic) bond motifs is 1. The zero-order valence-corrected chi connectivity index (χ0v) is 16.8. The molecule has 146 valence electrons. The number of nitrogens with two attached hydrogens (primary N) is 1. The Morgan fingerprint density at radius 1 is 1.18 bits per heavy atom. The molecule has 0 radical (unpaired) electrons. The lowest BCUT2D eigenvalue weighted by atomic mass is 9.81. The summed E-state index contributed by atoms with van der Waals surface area (Å²) in [6, 6.07) is 3.49. The van der Waals surface area contributed by atoms with E-state index in [0.29, 0.717) is 22.2 Å². The van der Waals surface area contributed by atoms with Gasteiger partial charge in [0.05, 0.1) is 21.6 Å². The smallest absolute Gasteiger partial charge is 0.255 e. The Morgan fingerprint density at radius 2 is 1.93 bits per heavy atom. The molecule has 1 aliphatic rings. The molecule has 7 nitrogen and oxygen atoms in total. The van der Waals surface area contributed by atoms with Gasteiger partial charge in [0.25, 0.3) is 5.91 Å². The quantitative estimate of drug-likeness (QED) is 0.724. The molecule has 1 aromatic carbocycles. The van der Waals surface area contributed by atoms with Gasteiger partial charge in [-0.3, -0.25) is 9.36 Å². The van der Waals surface area contributed by atoms with E-state index in [-0.39, 0.29) is 11.8 Å². The fourth-order valence-corrected chi connectivity index (χ4v) is 4.33. The number of anilines is 1. The number of nitrogens with zero attached hydrogens (tertiary/aromatic N) is 5. The zero-order valence-electron chi connectivity index (χ0n) is 16.0. The fraction of sp³-hybridized carbons (Fsp3) is 0.400. The Hall–Kier alpha value is -2.67. The van der Waals surface area contributed by atoms with E-state index < -0.39 is 0 Å². The van der Waals surface area contributed by atoms with Crippen molar-refractivity contribution in [1.82, 2.24) is 24.4 Å². The number of halogens is 1. The number of hydrogen-bond acceptors (Lipinski definition) is 5. The van der Waals surface area contributed by atoms with Gasteiger partial charge >= 0.3 is 0 Å². The molecule has 1 saturated carbocycles. The molecule has 28 heavy (non-hydrogen) atoms. The monoisotopic (exact) mass is 398 g/mol. The Balaban J connectivity index is 1.98. The molecule has 1 aliphatic carbocycles. The molecule has 1 fully saturated rings. The molecule has 2 N–H and O–H groups in total. The summed E-state index contributed by atoms with van der Waals surface area (Å²) in [5, 5.41) is 0.440. The van der Waals surface area contributed by atoms with E-state index >= 15 is 0 Å². The number of amides is 1. The third-order valence-corrected chi connectivity index (χ3v) is 5.68. The summed E-state index contributed by atoms with van der Waals surface area (Å²) in [5.74, 6) is 1.18. The van der Waals surface area contributed by atoms with Crippen LogP contribution in [0.4, 0.5) is 5.82 Å². The Bertz CT molecular complexity index is 1040. The highest BCUT2D eigenvalue weighted by atomic mass is 35.5. The minimum absolute atomic E-state index is 0.0895. The van der Waals surface area contributed by atoms with E-state index in [1.165, 1.54) is 12.7 Å². The highest BCUT2D eigenvalue weighted by Crippen LogP contribution is 2.41. The number of aromatic nitrogens is 4. The predicted molar refractivity (Wildman–Crippen MR) is 110 cm³/mol. The number of carbonyl (C=O) groups is 1. The summed E-state index contributed by atoms with van der Waals surface area (Å²) in [5.41, 5.74) is 8.97. The third kappa shape index (κ3) is 3.20. The second-order valence-electron chi connectivity index (χ2n) is 7.46. The average Bonchev–Trinajstić information content (AvgIpc) is 3.10. The topological polar surface area (TPSA) is 89.9 Å². The van der Waals surface area contributed by atoms with Gasteiger partial charge in [-0.25, -0.2) is 15.0 Å². The number of nitrogen functional groups attached to an aromatic ring is 1. The number of carbonyl (C=O) groups excluding carboxylic acids is 1. The first-order valence-corrected chi connectivity index (χ1v) is 9.84. The van der Waals surface area contributed by atoms with Crippen molar-refractivity contribution in [2.75, 3.05) is 19.8 Å². The van der Waals surface area contributed by atoms with Crippen molar-refractivity contribution in [2.45, 2.75) is 38.0 Å². The minimum Gasteiger partial charge on any atom is -0.384 e. The van der Waals surface area contributed by atoms with E-state index in [1.807, 2.05) is 4.57 Å². The normalized spacial score (nSPS) is 15.1. The minimum atomic E-state index is -0.0895. The summed E-state index contributed by atoms with van der Waals surface area (Å²) in [7, 11) is 3.49. The van der Waals surface area contributed by atoms with Gasteiger partial charge in [-0.1, -0.05) is 30.9 Å². The van der Waals surface area contributed by atoms with Crippen molar-refractivity contribution in [3.05, 3.63) is 40.9 Å². The summed E-state index contributed by atoms with van der Waals surface area (Å²) in [4.78, 5) is 27.5. The van der Waals surface area contributed by atoms with Gasteiger partial charge in [-0.15, -0.1) is 0 Å². The fourth-order valence-electron chi connectivity index (χ4n) is 4.05. The maximum atomic E-state index is 13.0. The zero-order chi connectivity index (χ0) is 19.8. The summed E-state index contributed by atoms with van der Waals surface area (Å²) < 4.78 is 1.84. The highest BCUT2D eigenvalue weighted by Gasteiger charge is 2.29. The second kappa shape index (κ2) is 7.39. The van der Waals surface area contributed by atoms with E-state index in [4.69, 9.17) is 17.3 Å². The summed E-state index contributed by atoms with van der Waals surface area (Å²) in [6.45, 7) is 0. The van der Waals surface area contributed by atoms with Crippen molar-refractivity contribution in [3.63, 3.8) is 0 Å². The molecule has 4 rings (SSSR count). The van der Waals surface area contributed by atoms with Crippen molar-refractivity contribution in [3.8, 4) is 5.82 Å². The van der Waals surface area contributed by atoms with Crippen LogP contribution in [0.1, 0.15) is 53.9 Å². The Kier molecular flexibility index (Phi) is 4.93. The third-order valence-electron chi connectivity index (χ3n) is 5.39. The molecular formula is C20H23ClN6O. The highest BCUT2D eigenvalue weighted by molar-refractivity contribution is 6.35. The van der Waals surface area contributed by atoms with Crippen molar-refractivity contribution in [2.24, 2.45) is 0 Å². The lowest BCUT2D eigenvalue weighted by Gasteiger charge is -2.26. The lowest BCUT2D eigenvalue weighted by Crippen LogP contribution is -2.25. The molecule has 0 saturated heterocycles. The summed E-state index contributed by atoms with van der Waals surface area (Å²) >= 11 is 6.67. The van der Waals surface area contributed by atoms with Gasteiger partial charge < -0.3 is 10.6 Å². The van der Waals surface area contributed by atoms with Crippen molar-refractivity contribution >= 4 is 34.4 Å². The number of rotatable bonds is 3. The van der Waals surface area contributed by atoms with E-state index in [1.54, 1.807) is 37.5 Å². The van der Waals surface area contributed by atoms with Gasteiger partial charge in [0, 0.05) is 20.2 Å². The van der Waals surface area contributed by atoms with Crippen LogP contribution in [0.3, 0.4) is 0 Å². The van der Waals surface area contributed by atoms with Crippen molar-refractivity contribution in [1.29, 1.82) is 0 Å². The maximum absolute atomic E-state index is 13.0. The first-order valence-electron chi connectivity index (χ1n) is 9.46. The van der Waals surface area contributed by atoms with Crippen LogP contribution in [0.15, 0.2) is 24.8 Å². The molecule has 1 amide bonds. The SMILES string of the molecule is CN(C)C(=O)c1c(Cl)cc2c(ncn2-c2cc(N)ncn2)c1C1CCCCC1.